The zero-order valence-corrected chi connectivity index (χ0v) is 19.1. The summed E-state index contributed by atoms with van der Waals surface area (Å²) in [6.45, 7) is 4.69. The van der Waals surface area contributed by atoms with Crippen molar-refractivity contribution in [2.75, 3.05) is 29.4 Å². The highest BCUT2D eigenvalue weighted by atomic mass is 16.6. The average molecular weight is 458 g/mol. The van der Waals surface area contributed by atoms with Crippen LogP contribution in [0.25, 0.3) is 0 Å². The van der Waals surface area contributed by atoms with Crippen LogP contribution >= 0.6 is 0 Å². The summed E-state index contributed by atoms with van der Waals surface area (Å²) in [7, 11) is 0. The highest BCUT2D eigenvalue weighted by Gasteiger charge is 2.42. The predicted octanol–water partition coefficient (Wildman–Crippen LogP) is 3.48. The Bertz CT molecular complexity index is 1200. The van der Waals surface area contributed by atoms with Crippen LogP contribution in [0.15, 0.2) is 66.9 Å². The first-order valence-electron chi connectivity index (χ1n) is 11.5. The molecule has 2 atom stereocenters. The number of nitrogens with zero attached hydrogens (tertiary/aromatic N) is 4. The monoisotopic (exact) mass is 457 g/mol. The minimum atomic E-state index is -0.377. The summed E-state index contributed by atoms with van der Waals surface area (Å²) >= 11 is 0. The summed E-state index contributed by atoms with van der Waals surface area (Å²) in [6.07, 6.45) is 2.17. The number of pyridine rings is 1. The second-order valence-electron chi connectivity index (χ2n) is 8.96. The number of nitro groups is 1. The summed E-state index contributed by atoms with van der Waals surface area (Å²) in [5.41, 5.74) is 5.06. The number of piperazine rings is 1. The lowest BCUT2D eigenvalue weighted by molar-refractivity contribution is -0.384. The van der Waals surface area contributed by atoms with Gasteiger partial charge in [0.2, 0.25) is 5.91 Å². The number of nitro benzene ring substituents is 1. The number of amides is 1. The van der Waals surface area contributed by atoms with Crippen molar-refractivity contribution in [1.82, 2.24) is 10.3 Å². The van der Waals surface area contributed by atoms with E-state index < -0.39 is 0 Å². The van der Waals surface area contributed by atoms with Gasteiger partial charge in [-0.1, -0.05) is 23.8 Å². The van der Waals surface area contributed by atoms with E-state index >= 15 is 0 Å². The molecule has 8 heteroatoms. The van der Waals surface area contributed by atoms with E-state index in [9.17, 15) is 14.9 Å². The van der Waals surface area contributed by atoms with Crippen LogP contribution in [-0.2, 0) is 17.8 Å². The maximum absolute atomic E-state index is 13.4. The number of fused-ring (bicyclic) bond motifs is 3. The minimum Gasteiger partial charge on any atom is -0.368 e. The molecule has 0 spiro atoms. The van der Waals surface area contributed by atoms with Crippen molar-refractivity contribution in [2.45, 2.75) is 25.9 Å². The largest absolute Gasteiger partial charge is 0.368 e. The van der Waals surface area contributed by atoms with Crippen LogP contribution in [0.4, 0.5) is 17.1 Å². The zero-order chi connectivity index (χ0) is 23.7. The Morgan fingerprint density at radius 1 is 1.15 bits per heavy atom. The summed E-state index contributed by atoms with van der Waals surface area (Å²) in [6, 6.07) is 19.1. The van der Waals surface area contributed by atoms with E-state index in [1.54, 1.807) is 18.3 Å². The standard InChI is InChI=1S/C26H27N5O3/c1-18-5-7-21(8-6-18)29-12-13-30-24-10-9-22(31(33)34)14-19(24)15-23(25(30)17-29)26(32)28-16-20-4-2-3-11-27-20/h2-11,14,23,25H,12-13,15-17H2,1H3,(H,28,32). The summed E-state index contributed by atoms with van der Waals surface area (Å²) < 4.78 is 0. The fourth-order valence-electron chi connectivity index (χ4n) is 5.02. The highest BCUT2D eigenvalue weighted by Crippen LogP contribution is 2.38. The van der Waals surface area contributed by atoms with Crippen LogP contribution in [-0.4, -0.2) is 41.5 Å². The van der Waals surface area contributed by atoms with E-state index in [1.165, 1.54) is 5.56 Å². The molecule has 1 amide bonds. The molecule has 0 saturated carbocycles. The van der Waals surface area contributed by atoms with Gasteiger partial charge in [-0.05, 0) is 49.2 Å². The van der Waals surface area contributed by atoms with Gasteiger partial charge in [0.25, 0.3) is 5.69 Å². The van der Waals surface area contributed by atoms with Gasteiger partial charge in [0.05, 0.1) is 29.1 Å². The van der Waals surface area contributed by atoms with E-state index in [-0.39, 0.29) is 28.5 Å². The third kappa shape index (κ3) is 4.31. The molecule has 34 heavy (non-hydrogen) atoms. The van der Waals surface area contributed by atoms with E-state index in [4.69, 9.17) is 0 Å². The SMILES string of the molecule is Cc1ccc(N2CCN3c4ccc([N+](=O)[O-])cc4CC(C(=O)NCc4ccccn4)C3C2)cc1. The predicted molar refractivity (Wildman–Crippen MR) is 131 cm³/mol. The van der Waals surface area contributed by atoms with Crippen molar-refractivity contribution in [3.05, 3.63) is 93.8 Å². The first-order valence-corrected chi connectivity index (χ1v) is 11.5. The van der Waals surface area contributed by atoms with Gasteiger partial charge in [-0.25, -0.2) is 0 Å². The summed E-state index contributed by atoms with van der Waals surface area (Å²) in [4.78, 5) is 33.3. The lowest BCUT2D eigenvalue weighted by Gasteiger charge is -2.49. The Kier molecular flexibility index (Phi) is 5.88. The molecule has 1 N–H and O–H groups in total. The third-order valence-electron chi connectivity index (χ3n) is 6.81. The maximum atomic E-state index is 13.4. The van der Waals surface area contributed by atoms with E-state index in [0.29, 0.717) is 19.5 Å². The fourth-order valence-corrected chi connectivity index (χ4v) is 5.02. The number of aromatic nitrogens is 1. The molecule has 1 saturated heterocycles. The Morgan fingerprint density at radius 2 is 1.97 bits per heavy atom. The number of non-ortho nitro benzene ring substituents is 1. The number of nitrogens with one attached hydrogen (secondary N) is 1. The van der Waals surface area contributed by atoms with Gasteiger partial charge in [-0.3, -0.25) is 19.9 Å². The molecule has 0 radical (unpaired) electrons. The van der Waals surface area contributed by atoms with Crippen molar-refractivity contribution in [3.8, 4) is 0 Å². The molecule has 0 aliphatic carbocycles. The highest BCUT2D eigenvalue weighted by molar-refractivity contribution is 5.82. The fraction of sp³-hybridized carbons (Fsp3) is 0.308. The number of anilines is 2. The number of benzene rings is 2. The Morgan fingerprint density at radius 3 is 2.71 bits per heavy atom. The molecule has 5 rings (SSSR count). The van der Waals surface area contributed by atoms with Crippen molar-refractivity contribution >= 4 is 23.0 Å². The van der Waals surface area contributed by atoms with Crippen LogP contribution in [0.2, 0.25) is 0 Å². The van der Waals surface area contributed by atoms with Crippen molar-refractivity contribution in [3.63, 3.8) is 0 Å². The van der Waals surface area contributed by atoms with Gasteiger partial charge >= 0.3 is 0 Å². The average Bonchev–Trinajstić information content (AvgIpc) is 2.87. The zero-order valence-electron chi connectivity index (χ0n) is 19.1. The molecule has 2 aliphatic heterocycles. The first kappa shape index (κ1) is 21.9. The molecule has 3 heterocycles. The van der Waals surface area contributed by atoms with Crippen LogP contribution in [0.3, 0.4) is 0 Å². The molecule has 3 aromatic rings. The topological polar surface area (TPSA) is 91.6 Å². The summed E-state index contributed by atoms with van der Waals surface area (Å²) in [5.74, 6) is -0.380. The van der Waals surface area contributed by atoms with E-state index in [2.05, 4.69) is 51.3 Å². The molecule has 2 aromatic carbocycles. The Hall–Kier alpha value is -3.94. The van der Waals surface area contributed by atoms with Gasteiger partial charge in [0.15, 0.2) is 0 Å². The number of hydrogen-bond donors (Lipinski definition) is 1. The molecule has 2 unspecified atom stereocenters. The van der Waals surface area contributed by atoms with Crippen LogP contribution < -0.4 is 15.1 Å². The Balaban J connectivity index is 1.43. The lowest BCUT2D eigenvalue weighted by atomic mass is 9.83. The normalized spacial score (nSPS) is 19.2. The maximum Gasteiger partial charge on any atom is 0.269 e. The van der Waals surface area contributed by atoms with Crippen molar-refractivity contribution in [2.24, 2.45) is 5.92 Å². The van der Waals surface area contributed by atoms with E-state index in [0.717, 1.165) is 35.7 Å². The number of carbonyl (C=O) groups is 1. The quantitative estimate of drug-likeness (QED) is 0.466. The number of hydrogen-bond acceptors (Lipinski definition) is 6. The molecular formula is C26H27N5O3. The third-order valence-corrected chi connectivity index (χ3v) is 6.81. The first-order chi connectivity index (χ1) is 16.5. The van der Waals surface area contributed by atoms with Gasteiger partial charge in [0.1, 0.15) is 0 Å². The van der Waals surface area contributed by atoms with Gasteiger partial charge in [-0.2, -0.15) is 0 Å². The van der Waals surface area contributed by atoms with Crippen molar-refractivity contribution in [1.29, 1.82) is 0 Å². The summed E-state index contributed by atoms with van der Waals surface area (Å²) in [5, 5.41) is 14.4. The van der Waals surface area contributed by atoms with Crippen molar-refractivity contribution < 1.29 is 9.72 Å². The lowest BCUT2D eigenvalue weighted by Crippen LogP contribution is -2.61. The second-order valence-corrected chi connectivity index (χ2v) is 8.96. The minimum absolute atomic E-state index is 0.0345. The van der Waals surface area contributed by atoms with Gasteiger partial charge in [0, 0.05) is 49.3 Å². The number of carbonyl (C=O) groups excluding carboxylic acids is 1. The van der Waals surface area contributed by atoms with Gasteiger partial charge in [-0.15, -0.1) is 0 Å². The molecule has 8 nitrogen and oxygen atoms in total. The van der Waals surface area contributed by atoms with Gasteiger partial charge < -0.3 is 15.1 Å². The smallest absolute Gasteiger partial charge is 0.269 e. The van der Waals surface area contributed by atoms with Crippen LogP contribution in [0, 0.1) is 23.0 Å². The molecule has 2 aliphatic rings. The second kappa shape index (κ2) is 9.13. The molecule has 0 bridgehead atoms. The van der Waals surface area contributed by atoms with E-state index in [1.807, 2.05) is 24.3 Å². The van der Waals surface area contributed by atoms with Crippen LogP contribution in [0.5, 0.6) is 0 Å². The molecular weight excluding hydrogens is 430 g/mol. The Labute approximate surface area is 198 Å². The molecule has 1 fully saturated rings. The number of aryl methyl sites for hydroxylation is 1. The number of rotatable bonds is 5. The molecule has 1 aromatic heterocycles. The van der Waals surface area contributed by atoms with Crippen LogP contribution in [0.1, 0.15) is 16.8 Å². The molecule has 174 valence electrons.